The van der Waals surface area contributed by atoms with Gasteiger partial charge in [0.2, 0.25) is 0 Å². The highest BCUT2D eigenvalue weighted by atomic mass is 19.4. The first-order valence-electron chi connectivity index (χ1n) is 9.60. The van der Waals surface area contributed by atoms with Crippen molar-refractivity contribution in [3.05, 3.63) is 71.0 Å². The van der Waals surface area contributed by atoms with Gasteiger partial charge < -0.3 is 10.0 Å². The minimum Gasteiger partial charge on any atom is -0.391 e. The van der Waals surface area contributed by atoms with Gasteiger partial charge in [0.1, 0.15) is 5.82 Å². The third-order valence-electron chi connectivity index (χ3n) is 5.35. The lowest BCUT2D eigenvalue weighted by Crippen LogP contribution is -2.43. The van der Waals surface area contributed by atoms with E-state index in [0.29, 0.717) is 50.0 Å². The van der Waals surface area contributed by atoms with Crippen LogP contribution in [0.15, 0.2) is 48.5 Å². The molecule has 1 saturated heterocycles. The lowest BCUT2D eigenvalue weighted by Gasteiger charge is -2.36. The average molecular weight is 409 g/mol. The van der Waals surface area contributed by atoms with Crippen molar-refractivity contribution in [1.29, 1.82) is 0 Å². The highest BCUT2D eigenvalue weighted by Crippen LogP contribution is 2.34. The van der Waals surface area contributed by atoms with E-state index < -0.39 is 17.8 Å². The SMILES string of the molecule is O=C(CCCN1CCC(c2cccc(C(F)(F)F)c2)C(O)C1)c1ccc(F)cc1. The zero-order valence-corrected chi connectivity index (χ0v) is 15.8. The molecule has 29 heavy (non-hydrogen) atoms. The summed E-state index contributed by atoms with van der Waals surface area (Å²) >= 11 is 0. The Balaban J connectivity index is 1.50. The van der Waals surface area contributed by atoms with Gasteiger partial charge in [0.25, 0.3) is 0 Å². The average Bonchev–Trinajstić information content (AvgIpc) is 2.68. The molecule has 1 heterocycles. The van der Waals surface area contributed by atoms with Gasteiger partial charge in [0, 0.05) is 24.4 Å². The van der Waals surface area contributed by atoms with E-state index in [9.17, 15) is 27.5 Å². The number of hydrogen-bond donors (Lipinski definition) is 1. The van der Waals surface area contributed by atoms with Crippen LogP contribution in [0.5, 0.6) is 0 Å². The van der Waals surface area contributed by atoms with Crippen LogP contribution < -0.4 is 0 Å². The zero-order chi connectivity index (χ0) is 21.0. The van der Waals surface area contributed by atoms with Gasteiger partial charge in [-0.2, -0.15) is 13.2 Å². The molecular weight excluding hydrogens is 386 g/mol. The predicted molar refractivity (Wildman–Crippen MR) is 101 cm³/mol. The number of β-amino-alcohol motifs (C(OH)–C–C–N with tert-alkyl or cyclic N) is 1. The number of Topliss-reactive ketones (excluding diaryl/α,β-unsaturated/α-hetero) is 1. The maximum Gasteiger partial charge on any atom is 0.416 e. The second kappa shape index (κ2) is 9.05. The van der Waals surface area contributed by atoms with Gasteiger partial charge in [-0.3, -0.25) is 4.79 Å². The lowest BCUT2D eigenvalue weighted by molar-refractivity contribution is -0.137. The third kappa shape index (κ3) is 5.64. The molecule has 0 bridgehead atoms. The van der Waals surface area contributed by atoms with Gasteiger partial charge in [0.05, 0.1) is 11.7 Å². The Labute approximate surface area is 167 Å². The lowest BCUT2D eigenvalue weighted by atomic mass is 9.86. The number of rotatable bonds is 6. The second-order valence-corrected chi connectivity index (χ2v) is 7.42. The molecule has 1 aliphatic heterocycles. The molecule has 0 aliphatic carbocycles. The minimum absolute atomic E-state index is 0.0654. The van der Waals surface area contributed by atoms with Crippen LogP contribution in [0, 0.1) is 5.82 Å². The van der Waals surface area contributed by atoms with Crippen molar-refractivity contribution in [1.82, 2.24) is 4.90 Å². The standard InChI is InChI=1S/C22H23F4NO2/c23-18-8-6-15(7-9-18)20(28)5-2-11-27-12-10-19(21(29)14-27)16-3-1-4-17(13-16)22(24,25)26/h1,3-4,6-9,13,19,21,29H,2,5,10-12,14H2. The molecule has 0 amide bonds. The zero-order valence-electron chi connectivity index (χ0n) is 15.8. The molecule has 2 unspecified atom stereocenters. The van der Waals surface area contributed by atoms with E-state index in [1.165, 1.54) is 30.3 Å². The number of aliphatic hydroxyl groups is 1. The number of piperidine rings is 1. The number of carbonyl (C=O) groups excluding carboxylic acids is 1. The van der Waals surface area contributed by atoms with Crippen LogP contribution in [0.3, 0.4) is 0 Å². The number of halogens is 4. The summed E-state index contributed by atoms with van der Waals surface area (Å²) in [6, 6.07) is 10.6. The second-order valence-electron chi connectivity index (χ2n) is 7.42. The van der Waals surface area contributed by atoms with Crippen molar-refractivity contribution in [2.75, 3.05) is 19.6 Å². The fourth-order valence-corrected chi connectivity index (χ4v) is 3.78. The first-order valence-corrected chi connectivity index (χ1v) is 9.60. The Kier molecular flexibility index (Phi) is 6.70. The largest absolute Gasteiger partial charge is 0.416 e. The summed E-state index contributed by atoms with van der Waals surface area (Å²) in [6.45, 7) is 1.60. The van der Waals surface area contributed by atoms with Crippen LogP contribution in [0.25, 0.3) is 0 Å². The molecule has 1 N–H and O–H groups in total. The Morgan fingerprint density at radius 3 is 2.52 bits per heavy atom. The van der Waals surface area contributed by atoms with Gasteiger partial charge >= 0.3 is 6.18 Å². The molecule has 0 saturated carbocycles. The van der Waals surface area contributed by atoms with Crippen LogP contribution in [-0.4, -0.2) is 41.5 Å². The summed E-state index contributed by atoms with van der Waals surface area (Å²) in [4.78, 5) is 14.2. The van der Waals surface area contributed by atoms with Gasteiger partial charge in [0.15, 0.2) is 5.78 Å². The van der Waals surface area contributed by atoms with Crippen LogP contribution in [0.1, 0.15) is 46.7 Å². The fourth-order valence-electron chi connectivity index (χ4n) is 3.78. The summed E-state index contributed by atoms with van der Waals surface area (Å²) in [5.41, 5.74) is 0.261. The quantitative estimate of drug-likeness (QED) is 0.557. The van der Waals surface area contributed by atoms with Crippen LogP contribution in [0.4, 0.5) is 17.6 Å². The Hall–Kier alpha value is -2.25. The van der Waals surface area contributed by atoms with Crippen LogP contribution in [0.2, 0.25) is 0 Å². The number of hydrogen-bond acceptors (Lipinski definition) is 3. The minimum atomic E-state index is -4.40. The number of likely N-dealkylation sites (tertiary alicyclic amines) is 1. The maximum absolute atomic E-state index is 12.9. The van der Waals surface area contributed by atoms with Crippen molar-refractivity contribution in [2.45, 2.75) is 37.5 Å². The molecule has 1 fully saturated rings. The van der Waals surface area contributed by atoms with Crippen LogP contribution >= 0.6 is 0 Å². The van der Waals surface area contributed by atoms with Crippen LogP contribution in [-0.2, 0) is 6.18 Å². The molecule has 2 aromatic rings. The number of ketones is 1. The molecule has 3 rings (SSSR count). The van der Waals surface area contributed by atoms with Crippen molar-refractivity contribution >= 4 is 5.78 Å². The number of alkyl halides is 3. The smallest absolute Gasteiger partial charge is 0.391 e. The highest BCUT2D eigenvalue weighted by molar-refractivity contribution is 5.95. The molecular formula is C22H23F4NO2. The topological polar surface area (TPSA) is 40.5 Å². The first kappa shape index (κ1) is 21.5. The van der Waals surface area contributed by atoms with Crippen molar-refractivity contribution in [3.8, 4) is 0 Å². The summed E-state index contributed by atoms with van der Waals surface area (Å²) < 4.78 is 51.7. The monoisotopic (exact) mass is 409 g/mol. The predicted octanol–water partition coefficient (Wildman–Crippen LogP) is 4.66. The van der Waals surface area contributed by atoms with Gasteiger partial charge in [-0.15, -0.1) is 0 Å². The normalized spacial score (nSPS) is 20.6. The summed E-state index contributed by atoms with van der Waals surface area (Å²) in [7, 11) is 0. The van der Waals surface area contributed by atoms with E-state index >= 15 is 0 Å². The van der Waals surface area contributed by atoms with E-state index in [-0.39, 0.29) is 17.5 Å². The highest BCUT2D eigenvalue weighted by Gasteiger charge is 2.33. The molecule has 0 radical (unpaired) electrons. The van der Waals surface area contributed by atoms with E-state index in [1.807, 2.05) is 4.90 Å². The molecule has 0 spiro atoms. The van der Waals surface area contributed by atoms with Crippen molar-refractivity contribution in [3.63, 3.8) is 0 Å². The summed E-state index contributed by atoms with van der Waals surface area (Å²) in [5.74, 6) is -0.794. The molecule has 156 valence electrons. The van der Waals surface area contributed by atoms with Gasteiger partial charge in [-0.25, -0.2) is 4.39 Å². The Bertz CT molecular complexity index is 835. The molecule has 2 atom stereocenters. The van der Waals surface area contributed by atoms with Gasteiger partial charge in [-0.05, 0) is 61.8 Å². The number of aliphatic hydroxyl groups excluding tert-OH is 1. The first-order chi connectivity index (χ1) is 13.7. The molecule has 0 aromatic heterocycles. The number of benzene rings is 2. The third-order valence-corrected chi connectivity index (χ3v) is 5.35. The number of carbonyl (C=O) groups is 1. The number of nitrogens with zero attached hydrogens (tertiary/aromatic N) is 1. The molecule has 3 nitrogen and oxygen atoms in total. The van der Waals surface area contributed by atoms with E-state index in [0.717, 1.165) is 12.1 Å². The van der Waals surface area contributed by atoms with Crippen molar-refractivity contribution < 1.29 is 27.5 Å². The molecule has 1 aliphatic rings. The van der Waals surface area contributed by atoms with E-state index in [1.54, 1.807) is 6.07 Å². The van der Waals surface area contributed by atoms with Gasteiger partial charge in [-0.1, -0.05) is 18.2 Å². The fraction of sp³-hybridized carbons (Fsp3) is 0.409. The van der Waals surface area contributed by atoms with E-state index in [4.69, 9.17) is 0 Å². The summed E-state index contributed by atoms with van der Waals surface area (Å²) in [6.07, 6.45) is -3.71. The Morgan fingerprint density at radius 2 is 1.86 bits per heavy atom. The van der Waals surface area contributed by atoms with E-state index in [2.05, 4.69) is 0 Å². The molecule has 2 aromatic carbocycles. The maximum atomic E-state index is 12.9. The Morgan fingerprint density at radius 1 is 1.14 bits per heavy atom. The summed E-state index contributed by atoms with van der Waals surface area (Å²) in [5, 5.41) is 10.5. The molecule has 7 heteroatoms. The van der Waals surface area contributed by atoms with Crippen molar-refractivity contribution in [2.24, 2.45) is 0 Å².